The molecule has 0 bridgehead atoms. The van der Waals surface area contributed by atoms with Crippen LogP contribution in [0.2, 0.25) is 0 Å². The molecule has 0 saturated heterocycles. The van der Waals surface area contributed by atoms with E-state index in [0.29, 0.717) is 23.9 Å². The number of likely N-dealkylation sites (N-methyl/N-ethyl adjacent to an activating group) is 1. The number of carboxylic acid groups (broad SMARTS) is 1. The molecule has 0 aromatic rings. The molecule has 0 spiro atoms. The van der Waals surface area contributed by atoms with Crippen LogP contribution in [0.1, 0.15) is 316 Å². The van der Waals surface area contributed by atoms with Gasteiger partial charge in [-0.25, -0.2) is 0 Å². The molecule has 0 amide bonds. The Kier molecular flexibility index (Phi) is 65.7. The Labute approximate surface area is 543 Å². The maximum atomic E-state index is 12.9. The summed E-state index contributed by atoms with van der Waals surface area (Å²) in [5, 5.41) is 11.8. The number of esters is 2. The van der Waals surface area contributed by atoms with Crippen molar-refractivity contribution in [3.63, 3.8) is 0 Å². The number of ether oxygens (including phenoxy) is 4. The van der Waals surface area contributed by atoms with E-state index in [-0.39, 0.29) is 38.6 Å². The summed E-state index contributed by atoms with van der Waals surface area (Å²) in [6, 6.07) is 0. The molecule has 0 aliphatic carbocycles. The molecule has 0 fully saturated rings. The van der Waals surface area contributed by atoms with Crippen molar-refractivity contribution in [3.8, 4) is 0 Å². The zero-order valence-corrected chi connectivity index (χ0v) is 57.8. The summed E-state index contributed by atoms with van der Waals surface area (Å²) in [5.41, 5.74) is 0. The lowest BCUT2D eigenvalue weighted by atomic mass is 10.0. The molecule has 0 heterocycles. The summed E-state index contributed by atoms with van der Waals surface area (Å²) in [6.45, 7) is 4.60. The second-order valence-electron chi connectivity index (χ2n) is 25.5. The fourth-order valence-corrected chi connectivity index (χ4v) is 10.2. The second kappa shape index (κ2) is 68.9. The monoisotopic (exact) mass is 1230 g/mol. The molecule has 0 N–H and O–H groups in total. The number of rotatable bonds is 67. The van der Waals surface area contributed by atoms with Crippen LogP contribution < -0.4 is 5.11 Å². The molecule has 0 aliphatic rings. The van der Waals surface area contributed by atoms with Crippen LogP contribution in [-0.2, 0) is 33.3 Å². The van der Waals surface area contributed by atoms with Crippen LogP contribution in [-0.4, -0.2) is 82.3 Å². The van der Waals surface area contributed by atoms with Gasteiger partial charge in [-0.05, 0) is 77.0 Å². The lowest BCUT2D eigenvalue weighted by Gasteiger charge is -2.26. The minimum Gasteiger partial charge on any atom is -0.545 e. The van der Waals surface area contributed by atoms with Crippen LogP contribution in [0.3, 0.4) is 0 Å². The third-order valence-corrected chi connectivity index (χ3v) is 15.8. The minimum absolute atomic E-state index is 0.132. The predicted molar refractivity (Wildman–Crippen MR) is 375 cm³/mol. The third-order valence-electron chi connectivity index (χ3n) is 15.8. The molecule has 0 aromatic carbocycles. The topological polar surface area (TPSA) is 111 Å². The Balaban J connectivity index is 4.16. The smallest absolute Gasteiger partial charge is 0.306 e. The Morgan fingerprint density at radius 2 is 0.648 bits per heavy atom. The number of aliphatic carboxylic acids is 1. The van der Waals surface area contributed by atoms with Gasteiger partial charge in [-0.15, -0.1) is 0 Å². The van der Waals surface area contributed by atoms with Gasteiger partial charge in [-0.3, -0.25) is 9.59 Å². The van der Waals surface area contributed by atoms with Gasteiger partial charge in [0.05, 0.1) is 40.3 Å². The maximum absolute atomic E-state index is 12.9. The zero-order valence-electron chi connectivity index (χ0n) is 57.8. The molecule has 2 unspecified atom stereocenters. The van der Waals surface area contributed by atoms with E-state index >= 15 is 0 Å². The van der Waals surface area contributed by atoms with Gasteiger partial charge in [-0.2, -0.15) is 0 Å². The van der Waals surface area contributed by atoms with Gasteiger partial charge < -0.3 is 33.3 Å². The van der Waals surface area contributed by atoms with E-state index < -0.39 is 24.3 Å². The lowest BCUT2D eigenvalue weighted by Crippen LogP contribution is -2.44. The van der Waals surface area contributed by atoms with E-state index in [1.165, 1.54) is 199 Å². The van der Waals surface area contributed by atoms with Gasteiger partial charge in [0.15, 0.2) is 12.4 Å². The third kappa shape index (κ3) is 69.4. The predicted octanol–water partition coefficient (Wildman–Crippen LogP) is 21.6. The number of hydrogen-bond acceptors (Lipinski definition) is 8. The van der Waals surface area contributed by atoms with Crippen molar-refractivity contribution in [2.75, 3.05) is 47.5 Å². The molecule has 0 aromatic heterocycles. The Hall–Kier alpha value is -4.05. The standard InChI is InChI=1S/C79H137NO8/c1-6-8-10-12-14-16-18-20-22-24-26-28-30-32-34-36-37-38-39-40-42-43-45-47-49-51-53-55-57-59-61-63-65-67-69-76(81)86-73-75(74-87-79(78(83)84)85-72-71-80(3,4)5)88-77(82)70-68-66-64-62-60-58-56-54-52-50-48-46-44-41-35-33-31-29-27-25-23-21-19-17-15-13-11-9-7-2/h9,11,15,17,21,23,27,29,33,35,44,46,50,52,56,58,62,64,75,79H,6-8,10,12-14,16,18-20,22,24-26,28,30-32,34,36-43,45,47-49,51,53-55,57,59-61,63,65-74H2,1-5H3/b11-9-,17-15-,23-21-,29-27-,35-33-,46-44-,52-50-,58-56-,64-62-. The largest absolute Gasteiger partial charge is 0.545 e. The van der Waals surface area contributed by atoms with Crippen molar-refractivity contribution >= 4 is 17.9 Å². The summed E-state index contributed by atoms with van der Waals surface area (Å²) in [7, 11) is 5.91. The maximum Gasteiger partial charge on any atom is 0.306 e. The van der Waals surface area contributed by atoms with E-state index in [4.69, 9.17) is 18.9 Å². The van der Waals surface area contributed by atoms with Crippen LogP contribution in [0.4, 0.5) is 0 Å². The Morgan fingerprint density at radius 3 is 0.955 bits per heavy atom. The molecular formula is C79H137NO8. The highest BCUT2D eigenvalue weighted by Gasteiger charge is 2.22. The summed E-state index contributed by atoms with van der Waals surface area (Å²) >= 11 is 0. The lowest BCUT2D eigenvalue weighted by molar-refractivity contribution is -0.870. The molecule has 88 heavy (non-hydrogen) atoms. The van der Waals surface area contributed by atoms with Crippen molar-refractivity contribution in [2.45, 2.75) is 328 Å². The van der Waals surface area contributed by atoms with E-state index in [1.54, 1.807) is 0 Å². The average Bonchev–Trinajstić information content (AvgIpc) is 3.54. The van der Waals surface area contributed by atoms with Gasteiger partial charge in [-0.1, -0.05) is 335 Å². The van der Waals surface area contributed by atoms with Crippen LogP contribution >= 0.6 is 0 Å². The molecule has 9 nitrogen and oxygen atoms in total. The van der Waals surface area contributed by atoms with Gasteiger partial charge in [0.25, 0.3) is 0 Å². The fourth-order valence-electron chi connectivity index (χ4n) is 10.2. The SMILES string of the molecule is CC/C=C\C/C=C\C/C=C\C/C=C\C/C=C\C/C=C\C/C=C\C/C=C\C/C=C\CCCC(=O)OC(COC(=O)CCCCCCCCCCCCCCCCCCCCCCCCCCCCCCCCCCCC)COC(OCC[N+](C)(C)C)C(=O)[O-]. The van der Waals surface area contributed by atoms with E-state index in [0.717, 1.165) is 77.0 Å². The number of carbonyl (C=O) groups excluding carboxylic acids is 3. The first-order valence-corrected chi connectivity index (χ1v) is 36.5. The van der Waals surface area contributed by atoms with E-state index in [1.807, 2.05) is 21.1 Å². The highest BCUT2D eigenvalue weighted by Crippen LogP contribution is 2.18. The first kappa shape index (κ1) is 84.0. The van der Waals surface area contributed by atoms with Crippen molar-refractivity contribution in [3.05, 3.63) is 109 Å². The van der Waals surface area contributed by atoms with Crippen molar-refractivity contribution in [1.82, 2.24) is 0 Å². The number of unbranched alkanes of at least 4 members (excludes halogenated alkanes) is 34. The molecule has 2 atom stereocenters. The quantitative estimate of drug-likeness (QED) is 0.0195. The van der Waals surface area contributed by atoms with Crippen molar-refractivity contribution in [2.24, 2.45) is 0 Å². The van der Waals surface area contributed by atoms with Gasteiger partial charge in [0.1, 0.15) is 13.2 Å². The van der Waals surface area contributed by atoms with Crippen LogP contribution in [0.5, 0.6) is 0 Å². The van der Waals surface area contributed by atoms with Gasteiger partial charge >= 0.3 is 11.9 Å². The average molecular weight is 1230 g/mol. The summed E-state index contributed by atoms with van der Waals surface area (Å²) in [6.07, 6.45) is 93.5. The number of hydrogen-bond donors (Lipinski definition) is 0. The van der Waals surface area contributed by atoms with Crippen LogP contribution in [0.15, 0.2) is 109 Å². The fraction of sp³-hybridized carbons (Fsp3) is 0.734. The second-order valence-corrected chi connectivity index (χ2v) is 25.5. The molecule has 0 radical (unpaired) electrons. The summed E-state index contributed by atoms with van der Waals surface area (Å²) in [4.78, 5) is 37.5. The van der Waals surface area contributed by atoms with Crippen molar-refractivity contribution in [1.29, 1.82) is 0 Å². The summed E-state index contributed by atoms with van der Waals surface area (Å²) in [5.74, 6) is -2.36. The van der Waals surface area contributed by atoms with Crippen LogP contribution in [0, 0.1) is 0 Å². The molecule has 0 rings (SSSR count). The highest BCUT2D eigenvalue weighted by molar-refractivity contribution is 5.70. The molecular weight excluding hydrogens is 1090 g/mol. The first-order chi connectivity index (χ1) is 43.1. The number of allylic oxidation sites excluding steroid dienone is 18. The molecule has 0 saturated carbocycles. The number of nitrogens with zero attached hydrogens (tertiary/aromatic N) is 1. The highest BCUT2D eigenvalue weighted by atomic mass is 16.7. The first-order valence-electron chi connectivity index (χ1n) is 36.5. The van der Waals surface area contributed by atoms with Gasteiger partial charge in [0, 0.05) is 12.8 Å². The Morgan fingerprint density at radius 1 is 0.352 bits per heavy atom. The number of carbonyl (C=O) groups is 3. The number of quaternary nitrogens is 1. The normalized spacial score (nSPS) is 13.3. The van der Waals surface area contributed by atoms with Gasteiger partial charge in [0.2, 0.25) is 0 Å². The molecule has 506 valence electrons. The summed E-state index contributed by atoms with van der Waals surface area (Å²) < 4.78 is 22.7. The minimum atomic E-state index is -1.64. The molecule has 9 heteroatoms. The van der Waals surface area contributed by atoms with Crippen LogP contribution in [0.25, 0.3) is 0 Å². The Bertz CT molecular complexity index is 1810. The van der Waals surface area contributed by atoms with E-state index in [9.17, 15) is 19.5 Å². The van der Waals surface area contributed by atoms with Crippen molar-refractivity contribution < 1.29 is 42.9 Å². The number of carboxylic acids is 1. The zero-order chi connectivity index (χ0) is 64.0. The van der Waals surface area contributed by atoms with E-state index in [2.05, 4.69) is 123 Å². The molecule has 0 aliphatic heterocycles.